The van der Waals surface area contributed by atoms with E-state index in [0.29, 0.717) is 0 Å². The molecule has 0 unspecified atom stereocenters. The molecule has 0 spiro atoms. The van der Waals surface area contributed by atoms with Gasteiger partial charge in [0.1, 0.15) is 5.82 Å². The van der Waals surface area contributed by atoms with Gasteiger partial charge in [0, 0.05) is 17.6 Å². The average Bonchev–Trinajstić information content (AvgIpc) is 2.75. The number of nitrogens with zero attached hydrogens (tertiary/aromatic N) is 2. The Labute approximate surface area is 119 Å². The Hall–Kier alpha value is -2.13. The molecule has 3 heteroatoms. The summed E-state index contributed by atoms with van der Waals surface area (Å²) in [4.78, 5) is 4.76. The number of hydrogen-bond donors (Lipinski definition) is 1. The number of para-hydroxylation sites is 3. The quantitative estimate of drug-likeness (QED) is 0.789. The first kappa shape index (κ1) is 12.9. The Balaban J connectivity index is 2.24. The molecule has 0 amide bonds. The van der Waals surface area contributed by atoms with Crippen molar-refractivity contribution in [2.75, 3.05) is 0 Å². The smallest absolute Gasteiger partial charge is 0.116 e. The summed E-state index contributed by atoms with van der Waals surface area (Å²) in [6.45, 7) is 4.06. The molecule has 3 aromatic rings. The molecule has 1 aromatic heterocycles. The standard InChI is InChI=1S/C17H19N3/c1-17(2,18)12-16-19-14-10-6-7-11-15(14)20(16)13-8-4-3-5-9-13/h3-11H,12,18H2,1-2H3. The van der Waals surface area contributed by atoms with E-state index in [1.165, 1.54) is 0 Å². The molecule has 1 heterocycles. The lowest BCUT2D eigenvalue weighted by molar-refractivity contribution is 0.500. The molecule has 0 aliphatic rings. The van der Waals surface area contributed by atoms with E-state index in [4.69, 9.17) is 10.7 Å². The van der Waals surface area contributed by atoms with Gasteiger partial charge >= 0.3 is 0 Å². The summed E-state index contributed by atoms with van der Waals surface area (Å²) in [7, 11) is 0. The van der Waals surface area contributed by atoms with Gasteiger partial charge in [-0.3, -0.25) is 4.57 Å². The first-order valence-electron chi connectivity index (χ1n) is 6.85. The van der Waals surface area contributed by atoms with Gasteiger partial charge in [0.2, 0.25) is 0 Å². The molecule has 2 aromatic carbocycles. The van der Waals surface area contributed by atoms with Crippen LogP contribution in [0.1, 0.15) is 19.7 Å². The van der Waals surface area contributed by atoms with Crippen molar-refractivity contribution < 1.29 is 0 Å². The molecule has 2 N–H and O–H groups in total. The van der Waals surface area contributed by atoms with Crippen molar-refractivity contribution in [3.63, 3.8) is 0 Å². The highest BCUT2D eigenvalue weighted by Gasteiger charge is 2.19. The number of rotatable bonds is 3. The summed E-state index contributed by atoms with van der Waals surface area (Å²) >= 11 is 0. The Kier molecular flexibility index (Phi) is 3.07. The van der Waals surface area contributed by atoms with Gasteiger partial charge in [0.05, 0.1) is 11.0 Å². The van der Waals surface area contributed by atoms with Gasteiger partial charge in [-0.2, -0.15) is 0 Å². The fourth-order valence-corrected chi connectivity index (χ4v) is 2.47. The van der Waals surface area contributed by atoms with Gasteiger partial charge in [-0.25, -0.2) is 4.98 Å². The van der Waals surface area contributed by atoms with Crippen LogP contribution < -0.4 is 5.73 Å². The lowest BCUT2D eigenvalue weighted by atomic mass is 10.0. The number of hydrogen-bond acceptors (Lipinski definition) is 2. The molecule has 0 atom stereocenters. The Bertz CT molecular complexity index is 721. The highest BCUT2D eigenvalue weighted by Crippen LogP contribution is 2.23. The molecule has 3 nitrogen and oxygen atoms in total. The maximum absolute atomic E-state index is 6.18. The van der Waals surface area contributed by atoms with Crippen molar-refractivity contribution >= 4 is 11.0 Å². The van der Waals surface area contributed by atoms with Crippen molar-refractivity contribution in [3.8, 4) is 5.69 Å². The molecule has 0 saturated heterocycles. The lowest BCUT2D eigenvalue weighted by Crippen LogP contribution is -2.35. The van der Waals surface area contributed by atoms with Crippen LogP contribution >= 0.6 is 0 Å². The molecule has 102 valence electrons. The number of benzene rings is 2. The average molecular weight is 265 g/mol. The van der Waals surface area contributed by atoms with E-state index in [-0.39, 0.29) is 5.54 Å². The van der Waals surface area contributed by atoms with Gasteiger partial charge in [-0.1, -0.05) is 30.3 Å². The highest BCUT2D eigenvalue weighted by atomic mass is 15.1. The normalized spacial score (nSPS) is 11.9. The first-order valence-corrected chi connectivity index (χ1v) is 6.85. The van der Waals surface area contributed by atoms with Crippen LogP contribution in [-0.4, -0.2) is 15.1 Å². The molecule has 0 bridgehead atoms. The summed E-state index contributed by atoms with van der Waals surface area (Å²) in [5, 5.41) is 0. The molecule has 0 radical (unpaired) electrons. The second-order valence-corrected chi connectivity index (χ2v) is 5.85. The van der Waals surface area contributed by atoms with Crippen LogP contribution in [0.4, 0.5) is 0 Å². The lowest BCUT2D eigenvalue weighted by Gasteiger charge is -2.19. The first-order chi connectivity index (χ1) is 9.54. The van der Waals surface area contributed by atoms with Crippen molar-refractivity contribution in [1.29, 1.82) is 0 Å². The van der Waals surface area contributed by atoms with Crippen LogP contribution in [0.3, 0.4) is 0 Å². The molecule has 0 aliphatic heterocycles. The van der Waals surface area contributed by atoms with Crippen LogP contribution in [0.2, 0.25) is 0 Å². The molecule has 20 heavy (non-hydrogen) atoms. The number of fused-ring (bicyclic) bond motifs is 1. The van der Waals surface area contributed by atoms with Gasteiger partial charge in [0.15, 0.2) is 0 Å². The predicted octanol–water partition coefficient (Wildman–Crippen LogP) is 3.31. The molecule has 3 rings (SSSR count). The summed E-state index contributed by atoms with van der Waals surface area (Å²) in [6.07, 6.45) is 0.733. The van der Waals surface area contributed by atoms with E-state index in [1.54, 1.807) is 0 Å². The number of imidazole rings is 1. The van der Waals surface area contributed by atoms with Gasteiger partial charge in [0.25, 0.3) is 0 Å². The van der Waals surface area contributed by atoms with E-state index in [1.807, 2.05) is 50.2 Å². The predicted molar refractivity (Wildman–Crippen MR) is 83.0 cm³/mol. The molecule has 0 aliphatic carbocycles. The highest BCUT2D eigenvalue weighted by molar-refractivity contribution is 5.78. The van der Waals surface area contributed by atoms with E-state index in [2.05, 4.69) is 22.8 Å². The number of nitrogens with two attached hydrogens (primary N) is 1. The van der Waals surface area contributed by atoms with Crippen molar-refractivity contribution in [3.05, 3.63) is 60.4 Å². The van der Waals surface area contributed by atoms with E-state index in [9.17, 15) is 0 Å². The van der Waals surface area contributed by atoms with Crippen LogP contribution in [0.15, 0.2) is 54.6 Å². The Morgan fingerprint density at radius 1 is 1.00 bits per heavy atom. The molecular weight excluding hydrogens is 246 g/mol. The van der Waals surface area contributed by atoms with Crippen molar-refractivity contribution in [1.82, 2.24) is 9.55 Å². The minimum Gasteiger partial charge on any atom is -0.325 e. The zero-order chi connectivity index (χ0) is 14.2. The summed E-state index contributed by atoms with van der Waals surface area (Å²) in [6, 6.07) is 18.5. The zero-order valence-corrected chi connectivity index (χ0v) is 11.9. The summed E-state index contributed by atoms with van der Waals surface area (Å²) < 4.78 is 2.20. The molecule has 0 fully saturated rings. The van der Waals surface area contributed by atoms with Crippen LogP contribution in [0, 0.1) is 0 Å². The largest absolute Gasteiger partial charge is 0.325 e. The second-order valence-electron chi connectivity index (χ2n) is 5.85. The van der Waals surface area contributed by atoms with Crippen LogP contribution in [0.25, 0.3) is 16.7 Å². The molecule has 0 saturated carbocycles. The zero-order valence-electron chi connectivity index (χ0n) is 11.9. The minimum absolute atomic E-state index is 0.284. The van der Waals surface area contributed by atoms with E-state index >= 15 is 0 Å². The third kappa shape index (κ3) is 2.45. The third-order valence-electron chi connectivity index (χ3n) is 3.26. The van der Waals surface area contributed by atoms with Crippen molar-refractivity contribution in [2.24, 2.45) is 5.73 Å². The van der Waals surface area contributed by atoms with Gasteiger partial charge in [-0.05, 0) is 38.1 Å². The Morgan fingerprint density at radius 2 is 1.65 bits per heavy atom. The van der Waals surface area contributed by atoms with E-state index in [0.717, 1.165) is 29.0 Å². The topological polar surface area (TPSA) is 43.8 Å². The van der Waals surface area contributed by atoms with Gasteiger partial charge < -0.3 is 5.73 Å². The summed E-state index contributed by atoms with van der Waals surface area (Å²) in [5.41, 5.74) is 9.16. The van der Waals surface area contributed by atoms with E-state index < -0.39 is 0 Å². The second kappa shape index (κ2) is 4.76. The van der Waals surface area contributed by atoms with Gasteiger partial charge in [-0.15, -0.1) is 0 Å². The maximum Gasteiger partial charge on any atom is 0.116 e. The van der Waals surface area contributed by atoms with Crippen molar-refractivity contribution in [2.45, 2.75) is 25.8 Å². The minimum atomic E-state index is -0.284. The van der Waals surface area contributed by atoms with Crippen LogP contribution in [-0.2, 0) is 6.42 Å². The summed E-state index contributed by atoms with van der Waals surface area (Å²) in [5.74, 6) is 1.00. The Morgan fingerprint density at radius 3 is 2.35 bits per heavy atom. The SMILES string of the molecule is CC(C)(N)Cc1nc2ccccc2n1-c1ccccc1. The third-order valence-corrected chi connectivity index (χ3v) is 3.26. The fraction of sp³-hybridized carbons (Fsp3) is 0.235. The monoisotopic (exact) mass is 265 g/mol. The molecular formula is C17H19N3. The van der Waals surface area contributed by atoms with Crippen LogP contribution in [0.5, 0.6) is 0 Å². The fourth-order valence-electron chi connectivity index (χ4n) is 2.47. The maximum atomic E-state index is 6.18. The number of aromatic nitrogens is 2.